The number of unbranched alkanes of at least 4 members (excludes halogenated alkanes) is 1. The van der Waals surface area contributed by atoms with Crippen LogP contribution in [0.4, 0.5) is 4.79 Å². The highest BCUT2D eigenvalue weighted by Gasteiger charge is 2.45. The number of hydrogen-bond acceptors (Lipinski definition) is 8. The highest BCUT2D eigenvalue weighted by molar-refractivity contribution is 5.98. The molecule has 5 rings (SSSR count). The second-order valence-corrected chi connectivity index (χ2v) is 12.0. The number of aryl methyl sites for hydroxylation is 1. The number of carbonyl (C=O) groups excluding carboxylic acids is 5. The summed E-state index contributed by atoms with van der Waals surface area (Å²) >= 11 is 0. The van der Waals surface area contributed by atoms with E-state index in [-0.39, 0.29) is 48.1 Å². The predicted octanol–water partition coefficient (Wildman–Crippen LogP) is 1.86. The number of amides is 5. The number of pyridine rings is 1. The fourth-order valence-corrected chi connectivity index (χ4v) is 6.04. The number of rotatable bonds is 9. The van der Waals surface area contributed by atoms with Crippen LogP contribution in [0.1, 0.15) is 55.1 Å². The zero-order valence-corrected chi connectivity index (χ0v) is 26.1. The molecule has 3 aliphatic rings. The van der Waals surface area contributed by atoms with E-state index < -0.39 is 5.91 Å². The lowest BCUT2D eigenvalue weighted by molar-refractivity contribution is -0.139. The smallest absolute Gasteiger partial charge is 0.409 e. The van der Waals surface area contributed by atoms with Crippen molar-refractivity contribution < 1.29 is 33.4 Å². The van der Waals surface area contributed by atoms with Gasteiger partial charge in [0, 0.05) is 57.3 Å². The normalized spacial score (nSPS) is 17.7. The maximum atomic E-state index is 13.1. The van der Waals surface area contributed by atoms with Gasteiger partial charge in [0.05, 0.1) is 24.1 Å². The van der Waals surface area contributed by atoms with Gasteiger partial charge in [-0.2, -0.15) is 0 Å². The van der Waals surface area contributed by atoms with E-state index in [4.69, 9.17) is 9.47 Å². The van der Waals surface area contributed by atoms with Crippen LogP contribution in [0.25, 0.3) is 10.9 Å². The molecule has 3 fully saturated rings. The van der Waals surface area contributed by atoms with Crippen LogP contribution in [0.2, 0.25) is 0 Å². The number of ether oxygens (including phenoxy) is 2. The highest BCUT2D eigenvalue weighted by Crippen LogP contribution is 2.38. The Hall–Kier alpha value is -4.42. The lowest BCUT2D eigenvalue weighted by atomic mass is 9.77. The summed E-state index contributed by atoms with van der Waals surface area (Å²) in [5, 5.41) is 6.22. The van der Waals surface area contributed by atoms with Gasteiger partial charge >= 0.3 is 6.09 Å². The number of aromatic nitrogens is 1. The average Bonchev–Trinajstić information content (AvgIpc) is 3.40. The zero-order valence-electron chi connectivity index (χ0n) is 26.1. The first-order valence-electron chi connectivity index (χ1n) is 15.8. The summed E-state index contributed by atoms with van der Waals surface area (Å²) in [4.78, 5) is 72.9. The quantitative estimate of drug-likeness (QED) is 0.403. The maximum Gasteiger partial charge on any atom is 0.409 e. The molecular weight excluding hydrogens is 580 g/mol. The first-order chi connectivity index (χ1) is 21.7. The third kappa shape index (κ3) is 7.46. The summed E-state index contributed by atoms with van der Waals surface area (Å²) in [5.74, 6) is -0.572. The molecule has 0 saturated carbocycles. The SMILES string of the molecule is CCCCOC(=O)N1CCN(C(=O)CNC(=O)c2cc(OCC(=O)N3CCC4(CCNC4=O)CC3)c3ccc(C)cc3n2)CC1. The molecule has 0 bridgehead atoms. The Balaban J connectivity index is 1.16. The number of carbonyl (C=O) groups is 5. The summed E-state index contributed by atoms with van der Waals surface area (Å²) in [6.07, 6.45) is 3.44. The monoisotopic (exact) mass is 622 g/mol. The molecule has 13 heteroatoms. The fourth-order valence-electron chi connectivity index (χ4n) is 6.04. The second kappa shape index (κ2) is 14.1. The van der Waals surface area contributed by atoms with Gasteiger partial charge in [-0.3, -0.25) is 19.2 Å². The molecule has 242 valence electrons. The van der Waals surface area contributed by atoms with Crippen LogP contribution in [-0.4, -0.2) is 115 Å². The number of fused-ring (bicyclic) bond motifs is 1. The molecule has 45 heavy (non-hydrogen) atoms. The molecule has 0 unspecified atom stereocenters. The zero-order chi connectivity index (χ0) is 32.0. The van der Waals surface area contributed by atoms with E-state index >= 15 is 0 Å². The molecule has 0 radical (unpaired) electrons. The second-order valence-electron chi connectivity index (χ2n) is 12.0. The van der Waals surface area contributed by atoms with Gasteiger partial charge in [-0.05, 0) is 50.3 Å². The number of benzene rings is 1. The fraction of sp³-hybridized carbons (Fsp3) is 0.562. The summed E-state index contributed by atoms with van der Waals surface area (Å²) in [6.45, 7) is 6.97. The van der Waals surface area contributed by atoms with Crippen molar-refractivity contribution in [3.05, 3.63) is 35.5 Å². The lowest BCUT2D eigenvalue weighted by Gasteiger charge is -2.37. The predicted molar refractivity (Wildman–Crippen MR) is 165 cm³/mol. The molecule has 5 amide bonds. The highest BCUT2D eigenvalue weighted by atomic mass is 16.6. The van der Waals surface area contributed by atoms with E-state index in [2.05, 4.69) is 15.6 Å². The number of piperazine rings is 1. The van der Waals surface area contributed by atoms with Gasteiger partial charge in [0.15, 0.2) is 6.61 Å². The molecule has 0 atom stereocenters. The molecule has 0 aliphatic carbocycles. The van der Waals surface area contributed by atoms with Crippen molar-refractivity contribution in [1.29, 1.82) is 0 Å². The van der Waals surface area contributed by atoms with Gasteiger partial charge < -0.3 is 34.8 Å². The van der Waals surface area contributed by atoms with Gasteiger partial charge in [0.1, 0.15) is 11.4 Å². The molecular formula is C32H42N6O7. The van der Waals surface area contributed by atoms with Crippen LogP contribution in [0.15, 0.2) is 24.3 Å². The molecule has 2 aromatic rings. The average molecular weight is 623 g/mol. The van der Waals surface area contributed by atoms with Crippen LogP contribution in [0.5, 0.6) is 5.75 Å². The van der Waals surface area contributed by atoms with Crippen LogP contribution < -0.4 is 15.4 Å². The number of nitrogens with one attached hydrogen (secondary N) is 2. The third-order valence-corrected chi connectivity index (χ3v) is 8.97. The Kier molecular flexibility index (Phi) is 10.0. The van der Waals surface area contributed by atoms with Crippen molar-refractivity contribution in [1.82, 2.24) is 30.3 Å². The Morgan fingerprint density at radius 3 is 2.36 bits per heavy atom. The van der Waals surface area contributed by atoms with Gasteiger partial charge in [-0.1, -0.05) is 19.4 Å². The largest absolute Gasteiger partial charge is 0.483 e. The summed E-state index contributed by atoms with van der Waals surface area (Å²) < 4.78 is 11.2. The number of hydrogen-bond donors (Lipinski definition) is 2. The van der Waals surface area contributed by atoms with Crippen molar-refractivity contribution in [2.75, 3.05) is 65.6 Å². The molecule has 4 heterocycles. The first kappa shape index (κ1) is 32.0. The van der Waals surface area contributed by atoms with Crippen molar-refractivity contribution in [3.8, 4) is 5.75 Å². The van der Waals surface area contributed by atoms with E-state index in [0.29, 0.717) is 81.9 Å². The molecule has 1 spiro atoms. The van der Waals surface area contributed by atoms with Crippen LogP contribution in [-0.2, 0) is 19.1 Å². The van der Waals surface area contributed by atoms with Crippen LogP contribution in [0, 0.1) is 12.3 Å². The van der Waals surface area contributed by atoms with Crippen LogP contribution >= 0.6 is 0 Å². The topological polar surface area (TPSA) is 150 Å². The van der Waals surface area contributed by atoms with Crippen molar-refractivity contribution >= 4 is 40.6 Å². The number of likely N-dealkylation sites (tertiary alicyclic amines) is 1. The molecule has 13 nitrogen and oxygen atoms in total. The Morgan fingerprint density at radius 2 is 1.67 bits per heavy atom. The third-order valence-electron chi connectivity index (χ3n) is 8.97. The van der Waals surface area contributed by atoms with E-state index in [1.807, 2.05) is 32.0 Å². The maximum absolute atomic E-state index is 13.1. The van der Waals surface area contributed by atoms with E-state index in [1.54, 1.807) is 14.7 Å². The van der Waals surface area contributed by atoms with E-state index in [1.165, 1.54) is 6.07 Å². The van der Waals surface area contributed by atoms with Crippen molar-refractivity contribution in [2.45, 2.75) is 46.0 Å². The van der Waals surface area contributed by atoms with Crippen LogP contribution in [0.3, 0.4) is 0 Å². The molecule has 3 aliphatic heterocycles. The number of piperidine rings is 1. The Labute approximate surface area is 262 Å². The van der Waals surface area contributed by atoms with Crippen molar-refractivity contribution in [3.63, 3.8) is 0 Å². The minimum Gasteiger partial charge on any atom is -0.483 e. The molecule has 3 saturated heterocycles. The van der Waals surface area contributed by atoms with Gasteiger partial charge in [0.25, 0.3) is 11.8 Å². The minimum absolute atomic E-state index is 0.0650. The van der Waals surface area contributed by atoms with E-state index in [0.717, 1.165) is 24.8 Å². The van der Waals surface area contributed by atoms with Gasteiger partial charge in [-0.25, -0.2) is 9.78 Å². The molecule has 1 aromatic heterocycles. The van der Waals surface area contributed by atoms with Gasteiger partial charge in [-0.15, -0.1) is 0 Å². The molecule has 1 aromatic carbocycles. The first-order valence-corrected chi connectivity index (χ1v) is 15.8. The van der Waals surface area contributed by atoms with E-state index in [9.17, 15) is 24.0 Å². The minimum atomic E-state index is -0.544. The summed E-state index contributed by atoms with van der Waals surface area (Å²) in [5.41, 5.74) is 1.17. The lowest BCUT2D eigenvalue weighted by Crippen LogP contribution is -2.52. The van der Waals surface area contributed by atoms with Gasteiger partial charge in [0.2, 0.25) is 11.8 Å². The standard InChI is InChI=1S/C32H42N6O7/c1-3-4-17-44-31(43)38-15-13-37(14-16-38)27(39)20-34-29(41)25-19-26(23-6-5-22(2)18-24(23)35-25)45-21-28(40)36-11-8-32(9-12-36)7-10-33-30(32)42/h5-6,18-19H,3-4,7-17,20-21H2,1-2H3,(H,33,42)(H,34,41). The summed E-state index contributed by atoms with van der Waals surface area (Å²) in [7, 11) is 0. The summed E-state index contributed by atoms with van der Waals surface area (Å²) in [6, 6.07) is 7.06. The Morgan fingerprint density at radius 1 is 0.956 bits per heavy atom. The number of nitrogens with zero attached hydrogens (tertiary/aromatic N) is 4. The van der Waals surface area contributed by atoms with Crippen molar-refractivity contribution in [2.24, 2.45) is 5.41 Å². The molecule has 2 N–H and O–H groups in total. The Bertz CT molecular complexity index is 1450.